The van der Waals surface area contributed by atoms with Crippen molar-refractivity contribution in [3.8, 4) is 11.5 Å². The second kappa shape index (κ2) is 9.12. The molecule has 0 bridgehead atoms. The van der Waals surface area contributed by atoms with Crippen molar-refractivity contribution in [3.63, 3.8) is 0 Å². The summed E-state index contributed by atoms with van der Waals surface area (Å²) >= 11 is 5.98. The number of amides is 1. The summed E-state index contributed by atoms with van der Waals surface area (Å²) in [5.41, 5.74) is 0.828. The van der Waals surface area contributed by atoms with Gasteiger partial charge >= 0.3 is 5.91 Å². The van der Waals surface area contributed by atoms with Crippen LogP contribution in [0.25, 0.3) is 5.76 Å². The Labute approximate surface area is 205 Å². The fourth-order valence-corrected chi connectivity index (χ4v) is 4.11. The van der Waals surface area contributed by atoms with E-state index in [2.05, 4.69) is 5.16 Å². The third kappa shape index (κ3) is 4.29. The number of aliphatic hydroxyl groups is 1. The predicted molar refractivity (Wildman–Crippen MR) is 130 cm³/mol. The van der Waals surface area contributed by atoms with Crippen LogP contribution >= 0.6 is 11.6 Å². The predicted octanol–water partition coefficient (Wildman–Crippen LogP) is 6.06. The molecule has 1 aliphatic rings. The molecule has 0 aliphatic carbocycles. The Hall–Kier alpha value is -4.36. The van der Waals surface area contributed by atoms with Crippen LogP contribution in [0, 0.1) is 6.92 Å². The molecule has 35 heavy (non-hydrogen) atoms. The lowest BCUT2D eigenvalue weighted by Gasteiger charge is -2.23. The molecule has 0 radical (unpaired) electrons. The molecule has 1 aliphatic heterocycles. The highest BCUT2D eigenvalue weighted by molar-refractivity contribution is 6.51. The van der Waals surface area contributed by atoms with Crippen molar-refractivity contribution in [1.29, 1.82) is 0 Å². The van der Waals surface area contributed by atoms with Gasteiger partial charge < -0.3 is 14.4 Å². The number of para-hydroxylation sites is 1. The van der Waals surface area contributed by atoms with Gasteiger partial charge in [-0.1, -0.05) is 47.1 Å². The zero-order valence-corrected chi connectivity index (χ0v) is 19.3. The zero-order valence-electron chi connectivity index (χ0n) is 18.5. The quantitative estimate of drug-likeness (QED) is 0.209. The van der Waals surface area contributed by atoms with Gasteiger partial charge in [0.25, 0.3) is 5.78 Å². The van der Waals surface area contributed by atoms with Gasteiger partial charge in [0.2, 0.25) is 0 Å². The molecular formula is C27H19ClN2O5. The third-order valence-electron chi connectivity index (χ3n) is 5.58. The molecule has 4 aromatic rings. The van der Waals surface area contributed by atoms with E-state index < -0.39 is 17.7 Å². The number of nitrogens with zero attached hydrogens (tertiary/aromatic N) is 2. The number of carbonyl (C=O) groups excluding carboxylic acids is 2. The van der Waals surface area contributed by atoms with Crippen molar-refractivity contribution in [2.45, 2.75) is 13.0 Å². The lowest BCUT2D eigenvalue weighted by Crippen LogP contribution is -2.29. The summed E-state index contributed by atoms with van der Waals surface area (Å²) in [5.74, 6) is -0.208. The molecule has 1 saturated heterocycles. The number of halogens is 1. The lowest BCUT2D eigenvalue weighted by molar-refractivity contribution is -0.132. The first-order chi connectivity index (χ1) is 16.9. The molecule has 0 unspecified atom stereocenters. The van der Waals surface area contributed by atoms with E-state index in [4.69, 9.17) is 20.9 Å². The van der Waals surface area contributed by atoms with Gasteiger partial charge in [0.05, 0.1) is 11.6 Å². The zero-order chi connectivity index (χ0) is 24.5. The Morgan fingerprint density at radius 3 is 2.37 bits per heavy atom. The van der Waals surface area contributed by atoms with Crippen LogP contribution in [0.2, 0.25) is 5.02 Å². The highest BCUT2D eigenvalue weighted by Crippen LogP contribution is 2.43. The highest BCUT2D eigenvalue weighted by Gasteiger charge is 2.48. The average Bonchev–Trinajstić information content (AvgIpc) is 3.40. The number of ketones is 1. The highest BCUT2D eigenvalue weighted by atomic mass is 35.5. The summed E-state index contributed by atoms with van der Waals surface area (Å²) in [5, 5.41) is 15.6. The van der Waals surface area contributed by atoms with Crippen molar-refractivity contribution >= 4 is 34.9 Å². The maximum atomic E-state index is 13.2. The maximum Gasteiger partial charge on any atom is 0.301 e. The number of Topliss-reactive ketones (excluding diaryl/α,β-unsaturated/α-hetero) is 1. The monoisotopic (exact) mass is 486 g/mol. The Morgan fingerprint density at radius 1 is 0.971 bits per heavy atom. The topological polar surface area (TPSA) is 92.9 Å². The van der Waals surface area contributed by atoms with Crippen molar-refractivity contribution in [2.75, 3.05) is 4.90 Å². The molecule has 3 aromatic carbocycles. The molecule has 1 N–H and O–H groups in total. The van der Waals surface area contributed by atoms with Crippen LogP contribution in [0.15, 0.2) is 95.0 Å². The van der Waals surface area contributed by atoms with Crippen LogP contribution in [0.4, 0.5) is 5.82 Å². The van der Waals surface area contributed by atoms with Crippen LogP contribution in [0.1, 0.15) is 22.9 Å². The molecule has 1 amide bonds. The Kier molecular flexibility index (Phi) is 5.84. The van der Waals surface area contributed by atoms with E-state index in [0.29, 0.717) is 33.4 Å². The molecule has 5 rings (SSSR count). The van der Waals surface area contributed by atoms with Gasteiger partial charge in [-0.15, -0.1) is 0 Å². The van der Waals surface area contributed by atoms with Gasteiger partial charge in [0.15, 0.2) is 5.82 Å². The first-order valence-electron chi connectivity index (χ1n) is 10.8. The fourth-order valence-electron chi connectivity index (χ4n) is 3.99. The van der Waals surface area contributed by atoms with Crippen LogP contribution in [0.3, 0.4) is 0 Å². The minimum Gasteiger partial charge on any atom is -0.507 e. The Balaban J connectivity index is 1.65. The molecule has 1 aromatic heterocycles. The van der Waals surface area contributed by atoms with E-state index in [1.54, 1.807) is 61.5 Å². The van der Waals surface area contributed by atoms with Crippen molar-refractivity contribution < 1.29 is 24.0 Å². The maximum absolute atomic E-state index is 13.2. The number of hydrogen-bond donors (Lipinski definition) is 1. The van der Waals surface area contributed by atoms with Gasteiger partial charge in [-0.25, -0.2) is 0 Å². The van der Waals surface area contributed by atoms with Gasteiger partial charge in [0, 0.05) is 16.7 Å². The number of aromatic nitrogens is 1. The fraction of sp³-hybridized carbons (Fsp3) is 0.0741. The number of hydrogen-bond acceptors (Lipinski definition) is 6. The van der Waals surface area contributed by atoms with Crippen LogP contribution in [-0.2, 0) is 9.59 Å². The Morgan fingerprint density at radius 2 is 1.69 bits per heavy atom. The number of anilines is 1. The normalized spacial score (nSPS) is 17.1. The largest absolute Gasteiger partial charge is 0.507 e. The van der Waals surface area contributed by atoms with Crippen molar-refractivity contribution in [1.82, 2.24) is 5.16 Å². The van der Waals surface area contributed by atoms with E-state index in [1.807, 2.05) is 30.3 Å². The standard InChI is InChI=1S/C27H19ClN2O5/c1-16-14-22(29-35-16)30-24(18-6-5-9-21(15-18)34-20-7-3-2-4-8-20)23(26(32)27(30)33)25(31)17-10-12-19(28)13-11-17/h2-15,24,31H,1H3/t24-/m1/s1. The van der Waals surface area contributed by atoms with Crippen LogP contribution in [0.5, 0.6) is 11.5 Å². The first-order valence-corrected chi connectivity index (χ1v) is 11.1. The number of aliphatic hydroxyl groups excluding tert-OH is 1. The number of aryl methyl sites for hydroxylation is 1. The van der Waals surface area contributed by atoms with E-state index in [0.717, 1.165) is 0 Å². The molecule has 8 heteroatoms. The van der Waals surface area contributed by atoms with Gasteiger partial charge in [-0.05, 0) is 61.0 Å². The Bertz CT molecular complexity index is 1440. The smallest absolute Gasteiger partial charge is 0.301 e. The summed E-state index contributed by atoms with van der Waals surface area (Å²) in [6.07, 6.45) is 0. The van der Waals surface area contributed by atoms with Gasteiger partial charge in [-0.3, -0.25) is 14.5 Å². The SMILES string of the molecule is Cc1cc(N2C(=O)C(=O)C(=C(O)c3ccc(Cl)cc3)[C@H]2c2cccc(Oc3ccccc3)c2)no1. The molecule has 7 nitrogen and oxygen atoms in total. The summed E-state index contributed by atoms with van der Waals surface area (Å²) in [4.78, 5) is 27.6. The first kappa shape index (κ1) is 22.4. The summed E-state index contributed by atoms with van der Waals surface area (Å²) in [7, 11) is 0. The van der Waals surface area contributed by atoms with E-state index >= 15 is 0 Å². The van der Waals surface area contributed by atoms with Crippen LogP contribution in [-0.4, -0.2) is 22.0 Å². The lowest BCUT2D eigenvalue weighted by atomic mass is 9.95. The minimum absolute atomic E-state index is 0.0742. The van der Waals surface area contributed by atoms with Gasteiger partial charge in [0.1, 0.15) is 23.0 Å². The second-order valence-corrected chi connectivity index (χ2v) is 8.40. The third-order valence-corrected chi connectivity index (χ3v) is 5.83. The number of rotatable bonds is 5. The second-order valence-electron chi connectivity index (χ2n) is 7.96. The molecule has 0 saturated carbocycles. The molecule has 2 heterocycles. The molecule has 1 fully saturated rings. The van der Waals surface area contributed by atoms with E-state index in [-0.39, 0.29) is 17.2 Å². The number of benzene rings is 3. The van der Waals surface area contributed by atoms with Crippen LogP contribution < -0.4 is 9.64 Å². The molecule has 1 atom stereocenters. The molecule has 0 spiro atoms. The summed E-state index contributed by atoms with van der Waals surface area (Å²) < 4.78 is 11.1. The molecule has 174 valence electrons. The summed E-state index contributed by atoms with van der Waals surface area (Å²) in [6.45, 7) is 1.68. The number of carbonyl (C=O) groups is 2. The minimum atomic E-state index is -0.963. The van der Waals surface area contributed by atoms with Crippen molar-refractivity contribution in [3.05, 3.63) is 112 Å². The van der Waals surface area contributed by atoms with E-state index in [9.17, 15) is 14.7 Å². The van der Waals surface area contributed by atoms with Gasteiger partial charge in [-0.2, -0.15) is 0 Å². The average molecular weight is 487 g/mol. The van der Waals surface area contributed by atoms with Crippen molar-refractivity contribution in [2.24, 2.45) is 0 Å². The van der Waals surface area contributed by atoms with E-state index in [1.165, 1.54) is 4.90 Å². The molecular weight excluding hydrogens is 468 g/mol. The number of ether oxygens (including phenoxy) is 1. The summed E-state index contributed by atoms with van der Waals surface area (Å²) in [6, 6.07) is 23.2.